The normalized spacial score (nSPS) is 20.9. The Balaban J connectivity index is 2.11. The van der Waals surface area contributed by atoms with Gasteiger partial charge in [-0.05, 0) is 53.6 Å². The Labute approximate surface area is 135 Å². The predicted octanol–water partition coefficient (Wildman–Crippen LogP) is 3.97. The second-order valence-corrected chi connectivity index (χ2v) is 7.43. The number of nitrogens with zero attached hydrogens (tertiary/aromatic N) is 1. The number of carbonyl (C=O) groups excluding carboxylic acids is 1. The number of hydrogen-bond donors (Lipinski definition) is 2. The molecule has 1 unspecified atom stereocenters. The van der Waals surface area contributed by atoms with Crippen molar-refractivity contribution in [2.45, 2.75) is 52.5 Å². The van der Waals surface area contributed by atoms with Gasteiger partial charge in [-0.2, -0.15) is 0 Å². The van der Waals surface area contributed by atoms with E-state index in [0.717, 1.165) is 23.9 Å². The number of aromatic nitrogens is 1. The van der Waals surface area contributed by atoms with E-state index in [1.807, 2.05) is 13.0 Å². The first-order valence-corrected chi connectivity index (χ1v) is 8.41. The molecule has 0 bridgehead atoms. The van der Waals surface area contributed by atoms with Gasteiger partial charge in [-0.15, -0.1) is 0 Å². The molecule has 0 aromatic carbocycles. The first-order chi connectivity index (χ1) is 9.91. The molecule has 2 N–H and O–H groups in total. The monoisotopic (exact) mass is 353 g/mol. The van der Waals surface area contributed by atoms with Crippen molar-refractivity contribution >= 4 is 27.7 Å². The molecule has 4 nitrogen and oxygen atoms in total. The molecule has 1 aromatic rings. The number of nitrogens with one attached hydrogen (secondary N) is 2. The summed E-state index contributed by atoms with van der Waals surface area (Å²) in [5.41, 5.74) is 0.922. The maximum atomic E-state index is 12.6. The fourth-order valence-electron chi connectivity index (χ4n) is 3.01. The van der Waals surface area contributed by atoms with Crippen molar-refractivity contribution in [2.75, 3.05) is 11.9 Å². The standard InChI is InChI=1S/C16H24BrN3O/c1-4-18-14-13(8-11(17)10-19-14)15(21)20-12-6-5-7-16(2,3)9-12/h8,10,12H,4-7,9H2,1-3H3,(H,18,19)(H,20,21). The van der Waals surface area contributed by atoms with Gasteiger partial charge in [0.25, 0.3) is 5.91 Å². The van der Waals surface area contributed by atoms with Gasteiger partial charge in [0.2, 0.25) is 0 Å². The molecule has 1 fully saturated rings. The Morgan fingerprint density at radius 1 is 1.52 bits per heavy atom. The molecular formula is C16H24BrN3O. The summed E-state index contributed by atoms with van der Waals surface area (Å²) in [6, 6.07) is 2.09. The van der Waals surface area contributed by atoms with Crippen LogP contribution in [0.25, 0.3) is 0 Å². The van der Waals surface area contributed by atoms with E-state index in [0.29, 0.717) is 16.8 Å². The van der Waals surface area contributed by atoms with Crippen LogP contribution in [-0.4, -0.2) is 23.5 Å². The Hall–Kier alpha value is -1.10. The fraction of sp³-hybridized carbons (Fsp3) is 0.625. The van der Waals surface area contributed by atoms with Gasteiger partial charge < -0.3 is 10.6 Å². The minimum atomic E-state index is -0.0394. The van der Waals surface area contributed by atoms with Crippen LogP contribution in [0.1, 0.15) is 56.8 Å². The summed E-state index contributed by atoms with van der Waals surface area (Å²) in [4.78, 5) is 16.9. The van der Waals surface area contributed by atoms with E-state index >= 15 is 0 Å². The highest BCUT2D eigenvalue weighted by molar-refractivity contribution is 9.10. The van der Waals surface area contributed by atoms with E-state index in [-0.39, 0.29) is 11.9 Å². The maximum absolute atomic E-state index is 12.6. The van der Waals surface area contributed by atoms with Crippen molar-refractivity contribution < 1.29 is 4.79 Å². The molecule has 0 radical (unpaired) electrons. The van der Waals surface area contributed by atoms with E-state index in [2.05, 4.69) is 45.4 Å². The van der Waals surface area contributed by atoms with Gasteiger partial charge >= 0.3 is 0 Å². The Morgan fingerprint density at radius 2 is 2.29 bits per heavy atom. The Bertz CT molecular complexity index is 516. The minimum Gasteiger partial charge on any atom is -0.370 e. The van der Waals surface area contributed by atoms with Crippen molar-refractivity contribution in [1.29, 1.82) is 0 Å². The highest BCUT2D eigenvalue weighted by atomic mass is 79.9. The summed E-state index contributed by atoms with van der Waals surface area (Å²) < 4.78 is 0.818. The second kappa shape index (κ2) is 6.77. The molecule has 5 heteroatoms. The van der Waals surface area contributed by atoms with Gasteiger partial charge in [-0.25, -0.2) is 4.98 Å². The average Bonchev–Trinajstić information content (AvgIpc) is 2.40. The van der Waals surface area contributed by atoms with Crippen molar-refractivity contribution in [3.8, 4) is 0 Å². The first kappa shape index (κ1) is 16.3. The number of amides is 1. The average molecular weight is 354 g/mol. The lowest BCUT2D eigenvalue weighted by atomic mass is 9.75. The topological polar surface area (TPSA) is 54.0 Å². The second-order valence-electron chi connectivity index (χ2n) is 6.51. The third-order valence-corrected chi connectivity index (χ3v) is 4.42. The van der Waals surface area contributed by atoms with Crippen LogP contribution < -0.4 is 10.6 Å². The summed E-state index contributed by atoms with van der Waals surface area (Å²) in [7, 11) is 0. The van der Waals surface area contributed by atoms with Crippen molar-refractivity contribution in [3.63, 3.8) is 0 Å². The number of hydrogen-bond acceptors (Lipinski definition) is 3. The van der Waals surface area contributed by atoms with Crippen LogP contribution in [0.3, 0.4) is 0 Å². The van der Waals surface area contributed by atoms with E-state index in [1.165, 1.54) is 12.8 Å². The van der Waals surface area contributed by atoms with Gasteiger partial charge in [0.05, 0.1) is 5.56 Å². The molecule has 2 rings (SSSR count). The predicted molar refractivity (Wildman–Crippen MR) is 89.6 cm³/mol. The van der Waals surface area contributed by atoms with Crippen LogP contribution in [-0.2, 0) is 0 Å². The van der Waals surface area contributed by atoms with Gasteiger partial charge in [-0.1, -0.05) is 20.3 Å². The molecule has 21 heavy (non-hydrogen) atoms. The fourth-order valence-corrected chi connectivity index (χ4v) is 3.34. The number of carbonyl (C=O) groups is 1. The molecule has 1 aliphatic rings. The van der Waals surface area contributed by atoms with Crippen molar-refractivity contribution in [3.05, 3.63) is 22.3 Å². The zero-order chi connectivity index (χ0) is 15.5. The van der Waals surface area contributed by atoms with E-state index in [9.17, 15) is 4.79 Å². The lowest BCUT2D eigenvalue weighted by molar-refractivity contribution is 0.0903. The van der Waals surface area contributed by atoms with E-state index in [1.54, 1.807) is 6.20 Å². The number of halogens is 1. The van der Waals surface area contributed by atoms with Crippen LogP contribution in [0.4, 0.5) is 5.82 Å². The summed E-state index contributed by atoms with van der Waals surface area (Å²) in [5, 5.41) is 6.32. The third-order valence-electron chi connectivity index (χ3n) is 3.98. The number of rotatable bonds is 4. The summed E-state index contributed by atoms with van der Waals surface area (Å²) in [6.45, 7) is 7.28. The lowest BCUT2D eigenvalue weighted by Gasteiger charge is -2.35. The molecule has 0 saturated heterocycles. The molecule has 0 spiro atoms. The van der Waals surface area contributed by atoms with Crippen LogP contribution in [0.5, 0.6) is 0 Å². The first-order valence-electron chi connectivity index (χ1n) is 7.61. The Kier molecular flexibility index (Phi) is 5.25. The van der Waals surface area contributed by atoms with Crippen LogP contribution in [0.15, 0.2) is 16.7 Å². The van der Waals surface area contributed by atoms with Crippen molar-refractivity contribution in [2.24, 2.45) is 5.41 Å². The minimum absolute atomic E-state index is 0.0394. The van der Waals surface area contributed by atoms with Crippen LogP contribution in [0, 0.1) is 5.41 Å². The largest absolute Gasteiger partial charge is 0.370 e. The molecule has 116 valence electrons. The van der Waals surface area contributed by atoms with Gasteiger partial charge in [-0.3, -0.25) is 4.79 Å². The SMILES string of the molecule is CCNc1ncc(Br)cc1C(=O)NC1CCCC(C)(C)C1. The molecule has 1 aliphatic carbocycles. The quantitative estimate of drug-likeness (QED) is 0.860. The zero-order valence-corrected chi connectivity index (χ0v) is 14.6. The highest BCUT2D eigenvalue weighted by Crippen LogP contribution is 2.35. The molecule has 1 saturated carbocycles. The molecule has 1 aromatic heterocycles. The van der Waals surface area contributed by atoms with E-state index in [4.69, 9.17) is 0 Å². The van der Waals surface area contributed by atoms with Crippen LogP contribution >= 0.6 is 15.9 Å². The number of anilines is 1. The van der Waals surface area contributed by atoms with Gasteiger partial charge in [0.15, 0.2) is 0 Å². The Morgan fingerprint density at radius 3 is 2.95 bits per heavy atom. The summed E-state index contributed by atoms with van der Waals surface area (Å²) in [5.74, 6) is 0.607. The zero-order valence-electron chi connectivity index (χ0n) is 13.0. The molecule has 1 heterocycles. The molecule has 1 atom stereocenters. The highest BCUT2D eigenvalue weighted by Gasteiger charge is 2.29. The van der Waals surface area contributed by atoms with E-state index < -0.39 is 0 Å². The molecule has 0 aliphatic heterocycles. The van der Waals surface area contributed by atoms with Crippen LogP contribution in [0.2, 0.25) is 0 Å². The summed E-state index contributed by atoms with van der Waals surface area (Å²) in [6.07, 6.45) is 6.22. The number of pyridine rings is 1. The smallest absolute Gasteiger partial charge is 0.255 e. The van der Waals surface area contributed by atoms with Gasteiger partial charge in [0, 0.05) is 23.3 Å². The van der Waals surface area contributed by atoms with Crippen molar-refractivity contribution in [1.82, 2.24) is 10.3 Å². The molecule has 1 amide bonds. The van der Waals surface area contributed by atoms with Gasteiger partial charge in [0.1, 0.15) is 5.82 Å². The molecular weight excluding hydrogens is 330 g/mol. The maximum Gasteiger partial charge on any atom is 0.255 e. The third kappa shape index (κ3) is 4.43. The summed E-state index contributed by atoms with van der Waals surface area (Å²) >= 11 is 3.39. The lowest BCUT2D eigenvalue weighted by Crippen LogP contribution is -2.40.